The minimum atomic E-state index is 0.450. The van der Waals surface area contributed by atoms with Gasteiger partial charge in [-0.2, -0.15) is 0 Å². The van der Waals surface area contributed by atoms with Crippen LogP contribution in [0.5, 0.6) is 0 Å². The highest BCUT2D eigenvalue weighted by Gasteiger charge is 2.35. The van der Waals surface area contributed by atoms with E-state index in [2.05, 4.69) is 13.3 Å². The fourth-order valence-electron chi connectivity index (χ4n) is 2.84. The number of hydrogen-bond acceptors (Lipinski definition) is 0. The van der Waals surface area contributed by atoms with Crippen molar-refractivity contribution in [2.75, 3.05) is 25.7 Å². The Kier molecular flexibility index (Phi) is 3.09. The molecule has 2 saturated heterocycles. The molecule has 0 aromatic rings. The average Bonchev–Trinajstić information content (AvgIpc) is 2.59. The van der Waals surface area contributed by atoms with Crippen molar-refractivity contribution in [3.05, 3.63) is 0 Å². The summed E-state index contributed by atoms with van der Waals surface area (Å²) in [5, 5.41) is 0. The Balaban J connectivity index is 1.98. The normalized spacial score (nSPS) is 48.5. The van der Waals surface area contributed by atoms with Crippen molar-refractivity contribution in [3.8, 4) is 0 Å². The summed E-state index contributed by atoms with van der Waals surface area (Å²) < 4.78 is 0. The second-order valence-electron chi connectivity index (χ2n) is 4.38. The van der Waals surface area contributed by atoms with Crippen LogP contribution in [-0.2, 0) is 0 Å². The van der Waals surface area contributed by atoms with Crippen LogP contribution in [0.3, 0.4) is 0 Å². The van der Waals surface area contributed by atoms with Crippen LogP contribution < -0.4 is 0 Å². The maximum absolute atomic E-state index is 2.55. The van der Waals surface area contributed by atoms with E-state index in [9.17, 15) is 0 Å². The van der Waals surface area contributed by atoms with E-state index in [1.54, 1.807) is 38.0 Å². The highest BCUT2D eigenvalue weighted by molar-refractivity contribution is 7.62. The molecule has 0 amide bonds. The fraction of sp³-hybridized carbons (Fsp3) is 1.00. The third kappa shape index (κ3) is 1.71. The minimum absolute atomic E-state index is 0.450. The first-order valence-corrected chi connectivity index (χ1v) is 9.28. The summed E-state index contributed by atoms with van der Waals surface area (Å²) in [6, 6.07) is 0. The second kappa shape index (κ2) is 3.93. The van der Waals surface area contributed by atoms with Gasteiger partial charge in [-0.15, -0.1) is 15.8 Å². The van der Waals surface area contributed by atoms with Crippen LogP contribution >= 0.6 is 15.8 Å². The summed E-state index contributed by atoms with van der Waals surface area (Å²) in [6.07, 6.45) is 9.43. The predicted molar refractivity (Wildman–Crippen MR) is 61.5 cm³/mol. The van der Waals surface area contributed by atoms with Crippen molar-refractivity contribution in [2.45, 2.75) is 37.0 Å². The molecule has 2 aliphatic rings. The molecule has 2 heteroatoms. The predicted octanol–water partition coefficient (Wildman–Crippen LogP) is 3.53. The minimum Gasteiger partial charge on any atom is -0.106 e. The smallest absolute Gasteiger partial charge is 0.0144 e. The topological polar surface area (TPSA) is 0 Å². The standard InChI is InChI=1S/C10H20P2/c1-11-7-3-5-9(11)10-6-4-8-12(10)2/h9-10H,3-8H2,1-2H3/t9-,10-,11?,12?/m1/s1. The molecule has 0 aromatic carbocycles. The van der Waals surface area contributed by atoms with E-state index in [1.807, 2.05) is 0 Å². The quantitative estimate of drug-likeness (QED) is 0.570. The van der Waals surface area contributed by atoms with Crippen molar-refractivity contribution >= 4 is 15.8 Å². The van der Waals surface area contributed by atoms with Crippen LogP contribution in [0.15, 0.2) is 0 Å². The lowest BCUT2D eigenvalue weighted by Gasteiger charge is -2.26. The summed E-state index contributed by atoms with van der Waals surface area (Å²) in [5.41, 5.74) is 2.39. The molecule has 2 unspecified atom stereocenters. The summed E-state index contributed by atoms with van der Waals surface area (Å²) >= 11 is 0. The lowest BCUT2D eigenvalue weighted by Crippen LogP contribution is -2.16. The number of rotatable bonds is 1. The van der Waals surface area contributed by atoms with Crippen LogP contribution in [0.25, 0.3) is 0 Å². The molecule has 2 fully saturated rings. The first kappa shape index (κ1) is 9.42. The van der Waals surface area contributed by atoms with Gasteiger partial charge in [0.15, 0.2) is 0 Å². The van der Waals surface area contributed by atoms with Crippen molar-refractivity contribution < 1.29 is 0 Å². The van der Waals surface area contributed by atoms with Gasteiger partial charge in [0.1, 0.15) is 0 Å². The summed E-state index contributed by atoms with van der Waals surface area (Å²) in [5.74, 6) is 0. The molecule has 2 aliphatic heterocycles. The molecule has 4 atom stereocenters. The zero-order valence-electron chi connectivity index (χ0n) is 8.29. The van der Waals surface area contributed by atoms with Crippen LogP contribution in [0.4, 0.5) is 0 Å². The molecule has 0 N–H and O–H groups in total. The highest BCUT2D eigenvalue weighted by Crippen LogP contribution is 2.59. The van der Waals surface area contributed by atoms with Crippen molar-refractivity contribution in [2.24, 2.45) is 0 Å². The lowest BCUT2D eigenvalue weighted by molar-refractivity contribution is 0.696. The molecule has 0 bridgehead atoms. The van der Waals surface area contributed by atoms with E-state index in [0.717, 1.165) is 0 Å². The molecular weight excluding hydrogens is 182 g/mol. The van der Waals surface area contributed by atoms with Crippen LogP contribution in [0, 0.1) is 0 Å². The zero-order valence-corrected chi connectivity index (χ0v) is 10.1. The number of hydrogen-bond donors (Lipinski definition) is 0. The van der Waals surface area contributed by atoms with E-state index in [-0.39, 0.29) is 0 Å². The van der Waals surface area contributed by atoms with Gasteiger partial charge in [-0.05, 0) is 62.7 Å². The van der Waals surface area contributed by atoms with Crippen LogP contribution in [0.1, 0.15) is 25.7 Å². The van der Waals surface area contributed by atoms with E-state index in [0.29, 0.717) is 15.8 Å². The molecule has 12 heavy (non-hydrogen) atoms. The molecule has 0 aromatic heterocycles. The molecule has 0 aliphatic carbocycles. The molecule has 2 heterocycles. The van der Waals surface area contributed by atoms with Gasteiger partial charge in [-0.25, -0.2) is 0 Å². The van der Waals surface area contributed by atoms with Gasteiger partial charge in [0.25, 0.3) is 0 Å². The Hall–Kier alpha value is 0.860. The fourth-order valence-corrected chi connectivity index (χ4v) is 8.96. The Bertz CT molecular complexity index is 140. The van der Waals surface area contributed by atoms with E-state index >= 15 is 0 Å². The van der Waals surface area contributed by atoms with Gasteiger partial charge in [0.2, 0.25) is 0 Å². The zero-order chi connectivity index (χ0) is 8.55. The highest BCUT2D eigenvalue weighted by atomic mass is 31.1. The van der Waals surface area contributed by atoms with Crippen LogP contribution in [0.2, 0.25) is 0 Å². The molecule has 2 rings (SSSR count). The first-order valence-electron chi connectivity index (χ1n) is 5.19. The van der Waals surface area contributed by atoms with Crippen molar-refractivity contribution in [1.82, 2.24) is 0 Å². The Labute approximate surface area is 79.0 Å². The summed E-state index contributed by atoms with van der Waals surface area (Å²) in [6.45, 7) is 5.10. The molecule has 0 saturated carbocycles. The second-order valence-corrected chi connectivity index (χ2v) is 9.63. The van der Waals surface area contributed by atoms with Gasteiger partial charge in [-0.1, -0.05) is 0 Å². The molecule has 0 nitrogen and oxygen atoms in total. The Morgan fingerprint density at radius 3 is 1.50 bits per heavy atom. The van der Waals surface area contributed by atoms with Crippen molar-refractivity contribution in [1.29, 1.82) is 0 Å². The van der Waals surface area contributed by atoms with E-state index in [1.165, 1.54) is 11.3 Å². The monoisotopic (exact) mass is 202 g/mol. The van der Waals surface area contributed by atoms with Gasteiger partial charge < -0.3 is 0 Å². The van der Waals surface area contributed by atoms with E-state index < -0.39 is 0 Å². The first-order chi connectivity index (χ1) is 5.79. The van der Waals surface area contributed by atoms with Crippen molar-refractivity contribution in [3.63, 3.8) is 0 Å². The Morgan fingerprint density at radius 1 is 0.833 bits per heavy atom. The third-order valence-electron chi connectivity index (χ3n) is 3.60. The van der Waals surface area contributed by atoms with E-state index in [4.69, 9.17) is 0 Å². The third-order valence-corrected chi connectivity index (χ3v) is 9.38. The lowest BCUT2D eigenvalue weighted by atomic mass is 10.1. The van der Waals surface area contributed by atoms with Gasteiger partial charge in [0, 0.05) is 0 Å². The van der Waals surface area contributed by atoms with Gasteiger partial charge >= 0.3 is 0 Å². The van der Waals surface area contributed by atoms with Gasteiger partial charge in [0.05, 0.1) is 0 Å². The Morgan fingerprint density at radius 2 is 1.25 bits per heavy atom. The molecule has 0 radical (unpaired) electrons. The largest absolute Gasteiger partial charge is 0.106 e. The van der Waals surface area contributed by atoms with Gasteiger partial charge in [-0.3, -0.25) is 0 Å². The summed E-state index contributed by atoms with van der Waals surface area (Å²) in [7, 11) is 0.900. The molecule has 70 valence electrons. The SMILES string of the molecule is CP1CCC[C@@H]1[C@H]1CCCP1C. The molecule has 0 spiro atoms. The summed E-state index contributed by atoms with van der Waals surface area (Å²) in [4.78, 5) is 0. The maximum Gasteiger partial charge on any atom is -0.0144 e. The molecular formula is C10H20P2. The maximum atomic E-state index is 2.55. The van der Waals surface area contributed by atoms with Crippen LogP contribution in [-0.4, -0.2) is 37.0 Å². The average molecular weight is 202 g/mol.